The lowest BCUT2D eigenvalue weighted by molar-refractivity contribution is -0.191. The van der Waals surface area contributed by atoms with Crippen molar-refractivity contribution < 1.29 is 56.6 Å². The van der Waals surface area contributed by atoms with E-state index in [4.69, 9.17) is 12.5 Å². The van der Waals surface area contributed by atoms with Crippen LogP contribution in [-0.2, 0) is 43.7 Å². The first-order valence-corrected chi connectivity index (χ1v) is 20.0. The summed E-state index contributed by atoms with van der Waals surface area (Å²) in [5, 5.41) is 11.7. The van der Waals surface area contributed by atoms with Gasteiger partial charge in [-0.25, -0.2) is 12.5 Å². The topological polar surface area (TPSA) is 211 Å². The molecule has 4 aliphatic rings. The van der Waals surface area contributed by atoms with Gasteiger partial charge in [0.15, 0.2) is 0 Å². The van der Waals surface area contributed by atoms with E-state index in [0.717, 1.165) is 19.3 Å². The molecule has 0 aromatic rings. The zero-order chi connectivity index (χ0) is 34.1. The molecule has 0 saturated heterocycles. The van der Waals surface area contributed by atoms with Crippen molar-refractivity contribution in [1.82, 2.24) is 0 Å². The molecule has 16 heteroatoms. The van der Waals surface area contributed by atoms with Crippen LogP contribution in [0.1, 0.15) is 99.8 Å². The van der Waals surface area contributed by atoms with E-state index in [1.54, 1.807) is 0 Å². The number of hydrogen-bond acceptors (Lipinski definition) is 10. The third kappa shape index (κ3) is 8.07. The van der Waals surface area contributed by atoms with Gasteiger partial charge in [-0.05, 0) is 103 Å². The average Bonchev–Trinajstić information content (AvgIpc) is 3.10. The quantitative estimate of drug-likeness (QED) is 0.231. The Bertz CT molecular complexity index is 1410. The number of fused-ring (bicyclic) bond motifs is 5. The van der Waals surface area contributed by atoms with Crippen LogP contribution >= 0.6 is 0 Å². The highest BCUT2D eigenvalue weighted by Crippen LogP contribution is 2.69. The number of aliphatic hydroxyl groups excluding tert-OH is 1. The highest BCUT2D eigenvalue weighted by molar-refractivity contribution is 7.81. The zero-order valence-corrected chi connectivity index (χ0v) is 29.6. The number of rotatable bonds is 10. The maximum Gasteiger partial charge on any atom is 0.397 e. The summed E-state index contributed by atoms with van der Waals surface area (Å²) < 4.78 is 115. The largest absolute Gasteiger partial charge is 0.397 e. The van der Waals surface area contributed by atoms with E-state index in [0.29, 0.717) is 24.7 Å². The molecule has 0 spiro atoms. The second-order valence-corrected chi connectivity index (χ2v) is 19.2. The summed E-state index contributed by atoms with van der Waals surface area (Å²) in [4.78, 5) is 0. The predicted molar refractivity (Wildman–Crippen MR) is 164 cm³/mol. The summed E-state index contributed by atoms with van der Waals surface area (Å²) in [6.45, 7) is 15.2. The Morgan fingerprint density at radius 1 is 0.756 bits per heavy atom. The molecule has 264 valence electrons. The Balaban J connectivity index is 1.70. The molecule has 0 radical (unpaired) electrons. The second-order valence-electron chi connectivity index (χ2n) is 16.0. The summed E-state index contributed by atoms with van der Waals surface area (Å²) in [6.07, 6.45) is -1.24. The molecule has 4 fully saturated rings. The Morgan fingerprint density at radius 2 is 1.29 bits per heavy atom. The summed E-state index contributed by atoms with van der Waals surface area (Å²) in [5.74, 6) is -0.419. The van der Waals surface area contributed by atoms with Crippen LogP contribution in [0.5, 0.6) is 0 Å². The molecule has 4 saturated carbocycles. The van der Waals surface area contributed by atoms with Gasteiger partial charge in [0.05, 0.1) is 12.2 Å². The lowest BCUT2D eigenvalue weighted by Gasteiger charge is -2.63. The smallest absolute Gasteiger partial charge is 0.393 e. The van der Waals surface area contributed by atoms with E-state index in [9.17, 15) is 44.0 Å². The molecule has 13 nitrogen and oxygen atoms in total. The molecule has 4 N–H and O–H groups in total. The second kappa shape index (κ2) is 12.5. The molecule has 13 atom stereocenters. The van der Waals surface area contributed by atoms with Gasteiger partial charge >= 0.3 is 31.2 Å². The minimum absolute atomic E-state index is 0.145. The molecule has 0 aromatic carbocycles. The standard InChI is InChI=1S/C29H52O13S3/c1-16(8-9-17(2)27(3,4)5)20-13-22(30)26-18-12-23(40-43(31,32)33)21-14-24(41-44(34,35)36)25(42-45(37,38)39)15-29(21,7)19(18)10-11-28(20,26)6/h16-26,30H,8-15H2,1-7H3,(H,31,32,33)(H,34,35,36)(H,37,38,39)/t16-,17?,18?,19?,20-,21-,22?,23+,24+,25+,26?,28-,29-/m1/s1. The van der Waals surface area contributed by atoms with Gasteiger partial charge in [0.2, 0.25) is 0 Å². The summed E-state index contributed by atoms with van der Waals surface area (Å²) >= 11 is 0. The molecule has 45 heavy (non-hydrogen) atoms. The van der Waals surface area contributed by atoms with Crippen LogP contribution in [0, 0.1) is 57.7 Å². The van der Waals surface area contributed by atoms with Crippen molar-refractivity contribution in [2.24, 2.45) is 57.7 Å². The Kier molecular flexibility index (Phi) is 10.4. The fourth-order valence-electron chi connectivity index (χ4n) is 10.2. The van der Waals surface area contributed by atoms with Crippen LogP contribution in [0.2, 0.25) is 0 Å². The summed E-state index contributed by atoms with van der Waals surface area (Å²) in [7, 11) is -15.2. The van der Waals surface area contributed by atoms with Crippen molar-refractivity contribution in [3.63, 3.8) is 0 Å². The van der Waals surface area contributed by atoms with Crippen molar-refractivity contribution in [3.8, 4) is 0 Å². The van der Waals surface area contributed by atoms with Crippen molar-refractivity contribution in [1.29, 1.82) is 0 Å². The van der Waals surface area contributed by atoms with E-state index in [-0.39, 0.29) is 53.8 Å². The van der Waals surface area contributed by atoms with Gasteiger partial charge < -0.3 is 5.11 Å². The SMILES string of the molecule is CC(CC[C@@H](C)[C@H]1CC(O)C2C3C[C@H](OS(=O)(=O)O)[C@H]4C[C@H](OS(=O)(=O)O)[C@@H](OS(=O)(=O)O)C[C@]4(C)C3CC[C@@]21C)C(C)(C)C. The van der Waals surface area contributed by atoms with Crippen LogP contribution in [0.25, 0.3) is 0 Å². The monoisotopic (exact) mass is 704 g/mol. The summed E-state index contributed by atoms with van der Waals surface area (Å²) in [6, 6.07) is 0. The van der Waals surface area contributed by atoms with Crippen molar-refractivity contribution in [3.05, 3.63) is 0 Å². The van der Waals surface area contributed by atoms with E-state index < -0.39 is 66.9 Å². The Hall–Kier alpha value is -0.430. The molecule has 0 amide bonds. The van der Waals surface area contributed by atoms with Gasteiger partial charge in [-0.2, -0.15) is 25.3 Å². The van der Waals surface area contributed by atoms with E-state index in [1.165, 1.54) is 0 Å². The van der Waals surface area contributed by atoms with E-state index in [2.05, 4.69) is 41.5 Å². The van der Waals surface area contributed by atoms with Crippen LogP contribution in [-0.4, -0.2) is 68.4 Å². The fraction of sp³-hybridized carbons (Fsp3) is 1.00. The maximum absolute atomic E-state index is 12.1. The molecule has 4 rings (SSSR count). The third-order valence-electron chi connectivity index (χ3n) is 12.6. The maximum atomic E-state index is 12.1. The average molecular weight is 705 g/mol. The third-order valence-corrected chi connectivity index (χ3v) is 14.1. The van der Waals surface area contributed by atoms with Crippen LogP contribution in [0.15, 0.2) is 0 Å². The van der Waals surface area contributed by atoms with Crippen molar-refractivity contribution in [2.75, 3.05) is 0 Å². The summed E-state index contributed by atoms with van der Waals surface area (Å²) in [5.41, 5.74) is -1.04. The molecule has 0 bridgehead atoms. The van der Waals surface area contributed by atoms with Gasteiger partial charge in [-0.3, -0.25) is 13.7 Å². The fourth-order valence-corrected chi connectivity index (χ4v) is 11.7. The van der Waals surface area contributed by atoms with Gasteiger partial charge in [0, 0.05) is 0 Å². The van der Waals surface area contributed by atoms with Gasteiger partial charge in [0.1, 0.15) is 12.2 Å². The predicted octanol–water partition coefficient (Wildman–Crippen LogP) is 4.50. The minimum Gasteiger partial charge on any atom is -0.393 e. The molecule has 0 heterocycles. The first kappa shape index (κ1) is 37.4. The van der Waals surface area contributed by atoms with Gasteiger partial charge in [-0.15, -0.1) is 0 Å². The van der Waals surface area contributed by atoms with Crippen molar-refractivity contribution in [2.45, 2.75) is 124 Å². The highest BCUT2D eigenvalue weighted by Gasteiger charge is 2.66. The lowest BCUT2D eigenvalue weighted by atomic mass is 9.43. The molecule has 0 aliphatic heterocycles. The van der Waals surface area contributed by atoms with Gasteiger partial charge in [0.25, 0.3) is 0 Å². The molecule has 5 unspecified atom stereocenters. The molecule has 0 aromatic heterocycles. The van der Waals surface area contributed by atoms with Crippen LogP contribution in [0.4, 0.5) is 0 Å². The molecular weight excluding hydrogens is 653 g/mol. The zero-order valence-electron chi connectivity index (χ0n) is 27.2. The normalized spacial score (nSPS) is 42.3. The van der Waals surface area contributed by atoms with Crippen molar-refractivity contribution >= 4 is 31.2 Å². The van der Waals surface area contributed by atoms with Gasteiger partial charge in [-0.1, -0.05) is 54.9 Å². The Morgan fingerprint density at radius 3 is 1.82 bits per heavy atom. The Labute approximate surface area is 269 Å². The minimum atomic E-state index is -5.10. The van der Waals surface area contributed by atoms with E-state index >= 15 is 0 Å². The van der Waals surface area contributed by atoms with E-state index in [1.807, 2.05) is 6.92 Å². The number of hydrogen-bond donors (Lipinski definition) is 4. The molecule has 4 aliphatic carbocycles. The lowest BCUT2D eigenvalue weighted by Crippen LogP contribution is -2.62. The van der Waals surface area contributed by atoms with Crippen LogP contribution in [0.3, 0.4) is 0 Å². The highest BCUT2D eigenvalue weighted by atomic mass is 32.3. The molecular formula is C29H52O13S3. The first-order chi connectivity index (χ1) is 20.3. The first-order valence-electron chi connectivity index (χ1n) is 15.9. The number of aliphatic hydroxyl groups is 1. The van der Waals surface area contributed by atoms with Crippen LogP contribution < -0.4 is 0 Å².